The lowest BCUT2D eigenvalue weighted by Crippen LogP contribution is -2.41. The topological polar surface area (TPSA) is 69.6 Å². The van der Waals surface area contributed by atoms with E-state index in [0.717, 1.165) is 39.2 Å². The molecule has 1 aliphatic carbocycles. The SMILES string of the molecule is CCN(c1c(C)c(C(=O)NCc2c(C)cc(C)[nH]c2=O)cc2cc(Br)cn12)C1CCC1. The molecular formula is C24H29BrN4O2. The van der Waals surface area contributed by atoms with Gasteiger partial charge in [-0.3, -0.25) is 9.59 Å². The summed E-state index contributed by atoms with van der Waals surface area (Å²) in [6.45, 7) is 9.03. The Morgan fingerprint density at radius 2 is 2.00 bits per heavy atom. The first-order valence-corrected chi connectivity index (χ1v) is 11.6. The molecule has 4 rings (SSSR count). The number of anilines is 1. The fourth-order valence-electron chi connectivity index (χ4n) is 4.53. The Bertz CT molecular complexity index is 1210. The van der Waals surface area contributed by atoms with Gasteiger partial charge in [0.1, 0.15) is 5.82 Å². The van der Waals surface area contributed by atoms with Gasteiger partial charge in [-0.15, -0.1) is 0 Å². The first-order valence-electron chi connectivity index (χ1n) is 10.9. The van der Waals surface area contributed by atoms with E-state index in [9.17, 15) is 9.59 Å². The summed E-state index contributed by atoms with van der Waals surface area (Å²) in [7, 11) is 0. The smallest absolute Gasteiger partial charge is 0.253 e. The van der Waals surface area contributed by atoms with Gasteiger partial charge in [0, 0.05) is 57.7 Å². The summed E-state index contributed by atoms with van der Waals surface area (Å²) in [6, 6.07) is 6.40. The fraction of sp³-hybridized carbons (Fsp3) is 0.417. The summed E-state index contributed by atoms with van der Waals surface area (Å²) in [6.07, 6.45) is 5.69. The Kier molecular flexibility index (Phi) is 5.97. The van der Waals surface area contributed by atoms with Crippen molar-refractivity contribution in [2.24, 2.45) is 0 Å². The number of rotatable bonds is 6. The summed E-state index contributed by atoms with van der Waals surface area (Å²) >= 11 is 3.59. The molecule has 1 fully saturated rings. The molecule has 0 spiro atoms. The Balaban J connectivity index is 1.71. The Labute approximate surface area is 190 Å². The zero-order valence-corrected chi connectivity index (χ0v) is 20.1. The zero-order valence-electron chi connectivity index (χ0n) is 18.5. The summed E-state index contributed by atoms with van der Waals surface area (Å²) in [5.41, 5.74) is 4.71. The van der Waals surface area contributed by atoms with E-state index in [-0.39, 0.29) is 18.0 Å². The van der Waals surface area contributed by atoms with E-state index in [1.807, 2.05) is 39.0 Å². The standard InChI is InChI=1S/C24H29BrN4O2/c1-5-28(18-7-6-8-18)24-16(4)20(11-19-10-17(25)13-29(19)24)22(30)26-12-21-14(2)9-15(3)27-23(21)31/h9-11,13,18H,5-8,12H2,1-4H3,(H,26,30)(H,27,31). The van der Waals surface area contributed by atoms with E-state index >= 15 is 0 Å². The third-order valence-electron chi connectivity index (χ3n) is 6.37. The van der Waals surface area contributed by atoms with Crippen molar-refractivity contribution in [1.82, 2.24) is 14.7 Å². The number of aromatic nitrogens is 2. The van der Waals surface area contributed by atoms with Crippen LogP contribution in [0.25, 0.3) is 5.52 Å². The van der Waals surface area contributed by atoms with E-state index in [1.54, 1.807) is 0 Å². The molecule has 7 heteroatoms. The number of amides is 1. The maximum absolute atomic E-state index is 13.2. The van der Waals surface area contributed by atoms with Crippen molar-refractivity contribution in [1.29, 1.82) is 0 Å². The van der Waals surface area contributed by atoms with Crippen molar-refractivity contribution in [3.63, 3.8) is 0 Å². The minimum Gasteiger partial charge on any atom is -0.355 e. The van der Waals surface area contributed by atoms with E-state index in [2.05, 4.69) is 48.7 Å². The lowest BCUT2D eigenvalue weighted by atomic mass is 9.91. The third-order valence-corrected chi connectivity index (χ3v) is 6.80. The molecule has 0 bridgehead atoms. The average molecular weight is 485 g/mol. The van der Waals surface area contributed by atoms with Gasteiger partial charge in [-0.2, -0.15) is 0 Å². The van der Waals surface area contributed by atoms with Crippen molar-refractivity contribution < 1.29 is 4.79 Å². The molecule has 2 N–H and O–H groups in total. The second-order valence-electron chi connectivity index (χ2n) is 8.46. The number of fused-ring (bicyclic) bond motifs is 1. The van der Waals surface area contributed by atoms with Gasteiger partial charge < -0.3 is 19.6 Å². The molecular weight excluding hydrogens is 456 g/mol. The number of hydrogen-bond acceptors (Lipinski definition) is 3. The predicted molar refractivity (Wildman–Crippen MR) is 128 cm³/mol. The highest BCUT2D eigenvalue weighted by Crippen LogP contribution is 2.35. The fourth-order valence-corrected chi connectivity index (χ4v) is 4.97. The van der Waals surface area contributed by atoms with Crippen LogP contribution in [0.5, 0.6) is 0 Å². The minimum atomic E-state index is -0.164. The molecule has 1 amide bonds. The first-order chi connectivity index (χ1) is 14.8. The monoisotopic (exact) mass is 484 g/mol. The normalized spacial score (nSPS) is 14.0. The van der Waals surface area contributed by atoms with Gasteiger partial charge in [0.2, 0.25) is 0 Å². The molecule has 3 aromatic heterocycles. The molecule has 3 heterocycles. The van der Waals surface area contributed by atoms with Gasteiger partial charge in [-0.25, -0.2) is 0 Å². The van der Waals surface area contributed by atoms with Crippen LogP contribution in [0.15, 0.2) is 33.7 Å². The summed E-state index contributed by atoms with van der Waals surface area (Å²) in [5.74, 6) is 0.910. The molecule has 1 aliphatic rings. The highest BCUT2D eigenvalue weighted by atomic mass is 79.9. The highest BCUT2D eigenvalue weighted by Gasteiger charge is 2.28. The Morgan fingerprint density at radius 1 is 1.26 bits per heavy atom. The molecule has 1 saturated carbocycles. The maximum atomic E-state index is 13.2. The quantitative estimate of drug-likeness (QED) is 0.535. The van der Waals surface area contributed by atoms with Gasteiger partial charge in [-0.1, -0.05) is 0 Å². The molecule has 6 nitrogen and oxygen atoms in total. The van der Waals surface area contributed by atoms with Gasteiger partial charge in [0.25, 0.3) is 11.5 Å². The van der Waals surface area contributed by atoms with Crippen LogP contribution in [0.4, 0.5) is 5.82 Å². The number of aromatic amines is 1. The van der Waals surface area contributed by atoms with Crippen molar-refractivity contribution in [3.05, 3.63) is 67.2 Å². The maximum Gasteiger partial charge on any atom is 0.253 e. The number of carbonyl (C=O) groups is 1. The summed E-state index contributed by atoms with van der Waals surface area (Å²) < 4.78 is 3.16. The molecule has 0 aromatic carbocycles. The lowest BCUT2D eigenvalue weighted by Gasteiger charge is -2.40. The molecule has 0 unspecified atom stereocenters. The van der Waals surface area contributed by atoms with E-state index in [0.29, 0.717) is 17.2 Å². The lowest BCUT2D eigenvalue weighted by molar-refractivity contribution is 0.0950. The Morgan fingerprint density at radius 3 is 2.61 bits per heavy atom. The first kappa shape index (κ1) is 21.7. The molecule has 0 saturated heterocycles. The van der Waals surface area contributed by atoms with Gasteiger partial charge in [0.15, 0.2) is 0 Å². The average Bonchev–Trinajstić information content (AvgIpc) is 3.03. The molecule has 3 aromatic rings. The number of nitrogens with one attached hydrogen (secondary N) is 2. The molecule has 0 atom stereocenters. The highest BCUT2D eigenvalue weighted by molar-refractivity contribution is 9.10. The number of hydrogen-bond donors (Lipinski definition) is 2. The summed E-state index contributed by atoms with van der Waals surface area (Å²) in [4.78, 5) is 30.8. The summed E-state index contributed by atoms with van der Waals surface area (Å²) in [5, 5.41) is 2.97. The second-order valence-corrected chi connectivity index (χ2v) is 9.37. The largest absolute Gasteiger partial charge is 0.355 e. The van der Waals surface area contributed by atoms with Gasteiger partial charge in [0.05, 0.1) is 0 Å². The van der Waals surface area contributed by atoms with E-state index in [4.69, 9.17) is 0 Å². The predicted octanol–water partition coefficient (Wildman–Crippen LogP) is 4.62. The molecule has 164 valence electrons. The van der Waals surface area contributed by atoms with Crippen LogP contribution in [0, 0.1) is 20.8 Å². The zero-order chi connectivity index (χ0) is 22.3. The van der Waals surface area contributed by atoms with Crippen molar-refractivity contribution in [2.45, 2.75) is 59.5 Å². The van der Waals surface area contributed by atoms with Gasteiger partial charge in [-0.05, 0) is 86.6 Å². The number of nitrogens with zero attached hydrogens (tertiary/aromatic N) is 2. The number of carbonyl (C=O) groups excluding carboxylic acids is 1. The molecule has 0 aliphatic heterocycles. The third kappa shape index (κ3) is 4.03. The molecule has 0 radical (unpaired) electrons. The molecule has 31 heavy (non-hydrogen) atoms. The van der Waals surface area contributed by atoms with Crippen LogP contribution in [0.2, 0.25) is 0 Å². The van der Waals surface area contributed by atoms with Crippen LogP contribution in [0.3, 0.4) is 0 Å². The second kappa shape index (κ2) is 8.54. The minimum absolute atomic E-state index is 0.150. The van der Waals surface area contributed by atoms with Crippen molar-refractivity contribution in [2.75, 3.05) is 11.4 Å². The van der Waals surface area contributed by atoms with E-state index in [1.165, 1.54) is 19.3 Å². The van der Waals surface area contributed by atoms with Crippen LogP contribution in [-0.4, -0.2) is 27.9 Å². The van der Waals surface area contributed by atoms with Crippen molar-refractivity contribution in [3.8, 4) is 0 Å². The Hall–Kier alpha value is -2.54. The van der Waals surface area contributed by atoms with Crippen LogP contribution in [0.1, 0.15) is 58.9 Å². The van der Waals surface area contributed by atoms with E-state index < -0.39 is 0 Å². The number of halogens is 1. The van der Waals surface area contributed by atoms with Crippen LogP contribution < -0.4 is 15.8 Å². The number of H-pyrrole nitrogens is 1. The van der Waals surface area contributed by atoms with Crippen molar-refractivity contribution >= 4 is 33.2 Å². The number of aryl methyl sites for hydroxylation is 2. The van der Waals surface area contributed by atoms with Crippen LogP contribution in [-0.2, 0) is 6.54 Å². The van der Waals surface area contributed by atoms with Gasteiger partial charge >= 0.3 is 0 Å². The number of pyridine rings is 2. The van der Waals surface area contributed by atoms with Crippen LogP contribution >= 0.6 is 15.9 Å².